The van der Waals surface area contributed by atoms with Crippen LogP contribution < -0.4 is 0 Å². The van der Waals surface area contributed by atoms with Gasteiger partial charge in [-0.2, -0.15) is 5.26 Å². The fourth-order valence-corrected chi connectivity index (χ4v) is 3.29. The minimum absolute atomic E-state index is 0.0505. The monoisotopic (exact) mass is 309 g/mol. The van der Waals surface area contributed by atoms with Gasteiger partial charge in [0.25, 0.3) is 0 Å². The fraction of sp³-hybridized carbons (Fsp3) is 0.333. The minimum Gasteiger partial charge on any atom is -0.465 e. The smallest absolute Gasteiger partial charge is 0.407 e. The molecular formula is C18H19N3O2. The lowest BCUT2D eigenvalue weighted by Gasteiger charge is -2.18. The van der Waals surface area contributed by atoms with Gasteiger partial charge >= 0.3 is 6.09 Å². The van der Waals surface area contributed by atoms with Gasteiger partial charge in [-0.25, -0.2) is 4.79 Å². The van der Waals surface area contributed by atoms with Crippen molar-refractivity contribution in [1.82, 2.24) is 9.47 Å². The van der Waals surface area contributed by atoms with E-state index >= 15 is 0 Å². The van der Waals surface area contributed by atoms with Crippen LogP contribution >= 0.6 is 0 Å². The van der Waals surface area contributed by atoms with Crippen LogP contribution in [-0.2, 0) is 6.54 Å². The van der Waals surface area contributed by atoms with Crippen molar-refractivity contribution in [3.8, 4) is 6.07 Å². The molecular weight excluding hydrogens is 290 g/mol. The molecule has 1 amide bonds. The molecule has 1 aliphatic rings. The first-order valence-electron chi connectivity index (χ1n) is 7.85. The highest BCUT2D eigenvalue weighted by Crippen LogP contribution is 2.24. The molecule has 1 atom stereocenters. The number of carboxylic acid groups (broad SMARTS) is 1. The van der Waals surface area contributed by atoms with Gasteiger partial charge in [-0.1, -0.05) is 6.08 Å². The summed E-state index contributed by atoms with van der Waals surface area (Å²) >= 11 is 0. The van der Waals surface area contributed by atoms with Crippen molar-refractivity contribution in [2.45, 2.75) is 32.4 Å². The molecule has 0 unspecified atom stereocenters. The lowest BCUT2D eigenvalue weighted by molar-refractivity contribution is 0.147. The van der Waals surface area contributed by atoms with E-state index in [1.165, 1.54) is 4.90 Å². The summed E-state index contributed by atoms with van der Waals surface area (Å²) in [5, 5.41) is 19.3. The Morgan fingerprint density at radius 3 is 3.00 bits per heavy atom. The molecule has 5 nitrogen and oxygen atoms in total. The highest BCUT2D eigenvalue weighted by atomic mass is 16.4. The summed E-state index contributed by atoms with van der Waals surface area (Å²) in [4.78, 5) is 12.7. The zero-order chi connectivity index (χ0) is 16.4. The van der Waals surface area contributed by atoms with Crippen LogP contribution in [0.15, 0.2) is 30.3 Å². The Labute approximate surface area is 135 Å². The third-order valence-corrected chi connectivity index (χ3v) is 4.41. The molecule has 0 aliphatic carbocycles. The first-order chi connectivity index (χ1) is 11.1. The van der Waals surface area contributed by atoms with Gasteiger partial charge in [0, 0.05) is 29.7 Å². The van der Waals surface area contributed by atoms with Crippen molar-refractivity contribution in [2.75, 3.05) is 6.54 Å². The molecule has 0 saturated carbocycles. The van der Waals surface area contributed by atoms with E-state index in [0.29, 0.717) is 12.1 Å². The van der Waals surface area contributed by atoms with Crippen molar-refractivity contribution in [2.24, 2.45) is 0 Å². The molecule has 1 aromatic carbocycles. The second-order valence-electron chi connectivity index (χ2n) is 5.74. The fourth-order valence-electron chi connectivity index (χ4n) is 3.29. The number of fused-ring (bicyclic) bond motifs is 1. The van der Waals surface area contributed by atoms with Gasteiger partial charge in [-0.15, -0.1) is 0 Å². The third kappa shape index (κ3) is 2.80. The summed E-state index contributed by atoms with van der Waals surface area (Å²) in [5.74, 6) is 0. The molecule has 0 bridgehead atoms. The Bertz CT molecular complexity index is 814. The van der Waals surface area contributed by atoms with E-state index in [9.17, 15) is 9.90 Å². The molecule has 0 radical (unpaired) electrons. The Balaban J connectivity index is 1.95. The van der Waals surface area contributed by atoms with Gasteiger partial charge in [-0.05, 0) is 50.1 Å². The van der Waals surface area contributed by atoms with Crippen molar-refractivity contribution < 1.29 is 9.90 Å². The van der Waals surface area contributed by atoms with Gasteiger partial charge in [0.05, 0.1) is 17.7 Å². The summed E-state index contributed by atoms with van der Waals surface area (Å²) < 4.78 is 2.17. The zero-order valence-corrected chi connectivity index (χ0v) is 13.1. The number of aryl methyl sites for hydroxylation is 1. The topological polar surface area (TPSA) is 69.3 Å². The number of benzene rings is 1. The SMILES string of the molecule is CCn1c(C=C[C@@H]2CCCN2C(=O)O)cc2cc(C#N)ccc21. The molecule has 23 heavy (non-hydrogen) atoms. The van der Waals surface area contributed by atoms with Gasteiger partial charge in [-0.3, -0.25) is 0 Å². The lowest BCUT2D eigenvalue weighted by atomic mass is 10.1. The minimum atomic E-state index is -0.855. The van der Waals surface area contributed by atoms with Gasteiger partial charge in [0.15, 0.2) is 0 Å². The van der Waals surface area contributed by atoms with E-state index in [0.717, 1.165) is 36.0 Å². The number of nitrogens with zero attached hydrogens (tertiary/aromatic N) is 3. The van der Waals surface area contributed by atoms with Crippen LogP contribution in [-0.4, -0.2) is 33.3 Å². The summed E-state index contributed by atoms with van der Waals surface area (Å²) in [6, 6.07) is 9.84. The van der Waals surface area contributed by atoms with Crippen LogP contribution in [0.4, 0.5) is 4.79 Å². The van der Waals surface area contributed by atoms with E-state index in [2.05, 4.69) is 23.6 Å². The molecule has 3 rings (SSSR count). The molecule has 0 spiro atoms. The second kappa shape index (κ2) is 6.17. The quantitative estimate of drug-likeness (QED) is 0.940. The van der Waals surface area contributed by atoms with Crippen LogP contribution in [0, 0.1) is 11.3 Å². The first kappa shape index (κ1) is 15.2. The largest absolute Gasteiger partial charge is 0.465 e. The number of nitriles is 1. The lowest BCUT2D eigenvalue weighted by Crippen LogP contribution is -2.32. The average Bonchev–Trinajstić information content (AvgIpc) is 3.15. The summed E-state index contributed by atoms with van der Waals surface area (Å²) in [5.41, 5.74) is 2.77. The van der Waals surface area contributed by atoms with Crippen LogP contribution in [0.25, 0.3) is 17.0 Å². The third-order valence-electron chi connectivity index (χ3n) is 4.41. The van der Waals surface area contributed by atoms with Crippen molar-refractivity contribution >= 4 is 23.1 Å². The Morgan fingerprint density at radius 2 is 2.30 bits per heavy atom. The van der Waals surface area contributed by atoms with Crippen molar-refractivity contribution in [3.63, 3.8) is 0 Å². The standard InChI is InChI=1S/C18H19N3O2/c1-2-20-16(7-6-15-4-3-9-21(15)18(22)23)11-14-10-13(12-19)5-8-17(14)20/h5-8,10-11,15H,2-4,9H2,1H3,(H,22,23)/t15-/m0/s1. The zero-order valence-electron chi connectivity index (χ0n) is 13.1. The highest BCUT2D eigenvalue weighted by molar-refractivity contribution is 5.85. The van der Waals surface area contributed by atoms with Crippen LogP contribution in [0.3, 0.4) is 0 Å². The van der Waals surface area contributed by atoms with Crippen LogP contribution in [0.5, 0.6) is 0 Å². The van der Waals surface area contributed by atoms with Gasteiger partial charge in [0.1, 0.15) is 0 Å². The Kier molecular flexibility index (Phi) is 4.07. The number of likely N-dealkylation sites (tertiary alicyclic amines) is 1. The average molecular weight is 309 g/mol. The Morgan fingerprint density at radius 1 is 1.48 bits per heavy atom. The number of amides is 1. The molecule has 2 heterocycles. The number of aromatic nitrogens is 1. The summed E-state index contributed by atoms with van der Waals surface area (Å²) in [6.45, 7) is 3.50. The molecule has 5 heteroatoms. The number of carbonyl (C=O) groups is 1. The van der Waals surface area contributed by atoms with Gasteiger partial charge in [0.2, 0.25) is 0 Å². The van der Waals surface area contributed by atoms with Crippen LogP contribution in [0.2, 0.25) is 0 Å². The molecule has 1 N–H and O–H groups in total. The number of hydrogen-bond acceptors (Lipinski definition) is 2. The molecule has 1 aliphatic heterocycles. The highest BCUT2D eigenvalue weighted by Gasteiger charge is 2.26. The number of hydrogen-bond donors (Lipinski definition) is 1. The normalized spacial score (nSPS) is 17.9. The maximum Gasteiger partial charge on any atom is 0.407 e. The molecule has 1 saturated heterocycles. The maximum atomic E-state index is 11.2. The molecule has 2 aromatic rings. The second-order valence-corrected chi connectivity index (χ2v) is 5.74. The molecule has 118 valence electrons. The van der Waals surface area contributed by atoms with Crippen molar-refractivity contribution in [3.05, 3.63) is 41.6 Å². The number of rotatable bonds is 3. The van der Waals surface area contributed by atoms with E-state index in [1.54, 1.807) is 0 Å². The predicted octanol–water partition coefficient (Wildman–Crippen LogP) is 3.69. The van der Waals surface area contributed by atoms with E-state index in [4.69, 9.17) is 5.26 Å². The first-order valence-corrected chi connectivity index (χ1v) is 7.85. The van der Waals surface area contributed by atoms with E-state index in [-0.39, 0.29) is 6.04 Å². The molecule has 1 aromatic heterocycles. The molecule has 1 fully saturated rings. The maximum absolute atomic E-state index is 11.2. The summed E-state index contributed by atoms with van der Waals surface area (Å²) in [7, 11) is 0. The van der Waals surface area contributed by atoms with Crippen LogP contribution in [0.1, 0.15) is 31.0 Å². The van der Waals surface area contributed by atoms with Crippen molar-refractivity contribution in [1.29, 1.82) is 5.26 Å². The van der Waals surface area contributed by atoms with Gasteiger partial charge < -0.3 is 14.6 Å². The Hall–Kier alpha value is -2.74. The van der Waals surface area contributed by atoms with E-state index in [1.807, 2.05) is 30.4 Å². The summed E-state index contributed by atoms with van der Waals surface area (Å²) in [6.07, 6.45) is 4.90. The van der Waals surface area contributed by atoms with E-state index < -0.39 is 6.09 Å². The predicted molar refractivity (Wildman–Crippen MR) is 89.1 cm³/mol.